The van der Waals surface area contributed by atoms with E-state index in [1.165, 1.54) is 0 Å². The van der Waals surface area contributed by atoms with Crippen LogP contribution in [0.1, 0.15) is 26.2 Å². The van der Waals surface area contributed by atoms with Crippen molar-refractivity contribution in [1.29, 1.82) is 0 Å². The molecule has 0 aliphatic rings. The van der Waals surface area contributed by atoms with E-state index >= 15 is 0 Å². The zero-order chi connectivity index (χ0) is 14.5. The molecule has 0 atom stereocenters. The molecule has 0 saturated carbocycles. The van der Waals surface area contributed by atoms with Crippen molar-refractivity contribution in [2.75, 3.05) is 5.32 Å². The number of nitrogens with zero attached hydrogens (tertiary/aromatic N) is 2. The zero-order valence-corrected chi connectivity index (χ0v) is 11.3. The summed E-state index contributed by atoms with van der Waals surface area (Å²) in [5.41, 5.74) is 1.72. The van der Waals surface area contributed by atoms with E-state index in [1.807, 2.05) is 28.8 Å². The number of rotatable bonds is 6. The minimum Gasteiger partial charge on any atom is -0.481 e. The Labute approximate surface area is 116 Å². The third kappa shape index (κ3) is 3.14. The fraction of sp³-hybridized carbons (Fsp3) is 0.357. The van der Waals surface area contributed by atoms with Crippen molar-refractivity contribution in [2.24, 2.45) is 0 Å². The van der Waals surface area contributed by atoms with Gasteiger partial charge in [-0.25, -0.2) is 4.98 Å². The van der Waals surface area contributed by atoms with Crippen LogP contribution in [-0.4, -0.2) is 26.5 Å². The summed E-state index contributed by atoms with van der Waals surface area (Å²) in [5.74, 6) is -1.31. The lowest BCUT2D eigenvalue weighted by atomic mass is 10.3. The third-order valence-corrected chi connectivity index (χ3v) is 2.95. The average molecular weight is 275 g/mol. The molecule has 0 aliphatic carbocycles. The Bertz CT molecular complexity index is 634. The first kappa shape index (κ1) is 14.0. The Hall–Kier alpha value is -2.37. The fourth-order valence-corrected chi connectivity index (χ4v) is 2.02. The molecule has 2 rings (SSSR count). The van der Waals surface area contributed by atoms with Crippen molar-refractivity contribution < 1.29 is 14.7 Å². The van der Waals surface area contributed by atoms with Crippen LogP contribution in [0.3, 0.4) is 0 Å². The molecule has 0 bridgehead atoms. The number of aryl methyl sites for hydroxylation is 1. The van der Waals surface area contributed by atoms with Crippen LogP contribution in [0.4, 0.5) is 5.95 Å². The molecule has 0 saturated heterocycles. The number of anilines is 1. The normalized spacial score (nSPS) is 10.7. The summed E-state index contributed by atoms with van der Waals surface area (Å²) in [6.07, 6.45) is 1.42. The van der Waals surface area contributed by atoms with E-state index in [-0.39, 0.29) is 0 Å². The molecule has 0 aliphatic heterocycles. The van der Waals surface area contributed by atoms with Crippen LogP contribution in [-0.2, 0) is 16.1 Å². The van der Waals surface area contributed by atoms with Crippen LogP contribution in [0, 0.1) is 0 Å². The van der Waals surface area contributed by atoms with E-state index in [1.54, 1.807) is 0 Å². The Balaban J connectivity index is 2.30. The largest absolute Gasteiger partial charge is 0.481 e. The van der Waals surface area contributed by atoms with Gasteiger partial charge in [-0.3, -0.25) is 14.9 Å². The third-order valence-electron chi connectivity index (χ3n) is 2.95. The minimum atomic E-state index is -1.15. The molecule has 2 N–H and O–H groups in total. The summed E-state index contributed by atoms with van der Waals surface area (Å²) < 4.78 is 1.92. The molecule has 2 aromatic rings. The van der Waals surface area contributed by atoms with Crippen molar-refractivity contribution in [1.82, 2.24) is 9.55 Å². The van der Waals surface area contributed by atoms with Gasteiger partial charge >= 0.3 is 5.97 Å². The summed E-state index contributed by atoms with van der Waals surface area (Å²) in [5, 5.41) is 11.2. The van der Waals surface area contributed by atoms with E-state index in [0.29, 0.717) is 5.95 Å². The SMILES string of the molecule is CCCCn1c(NC(=O)CC(=O)O)nc2ccccc21. The molecule has 6 nitrogen and oxygen atoms in total. The summed E-state index contributed by atoms with van der Waals surface area (Å²) in [6.45, 7) is 2.82. The van der Waals surface area contributed by atoms with Gasteiger partial charge < -0.3 is 9.67 Å². The quantitative estimate of drug-likeness (QED) is 0.792. The second-order valence-corrected chi connectivity index (χ2v) is 4.55. The van der Waals surface area contributed by atoms with Crippen molar-refractivity contribution >= 4 is 28.9 Å². The molecule has 20 heavy (non-hydrogen) atoms. The number of aliphatic carboxylic acids is 1. The number of hydrogen-bond acceptors (Lipinski definition) is 3. The molecule has 1 aromatic carbocycles. The Kier molecular flexibility index (Phi) is 4.34. The highest BCUT2D eigenvalue weighted by Gasteiger charge is 2.14. The van der Waals surface area contributed by atoms with E-state index < -0.39 is 18.3 Å². The van der Waals surface area contributed by atoms with Crippen LogP contribution >= 0.6 is 0 Å². The Morgan fingerprint density at radius 2 is 2.10 bits per heavy atom. The molecule has 1 heterocycles. The van der Waals surface area contributed by atoms with Crippen molar-refractivity contribution in [3.63, 3.8) is 0 Å². The van der Waals surface area contributed by atoms with E-state index in [9.17, 15) is 9.59 Å². The van der Waals surface area contributed by atoms with Crippen molar-refractivity contribution in [2.45, 2.75) is 32.7 Å². The van der Waals surface area contributed by atoms with Crippen LogP contribution in [0.15, 0.2) is 24.3 Å². The number of imidazole rings is 1. The first-order valence-corrected chi connectivity index (χ1v) is 6.58. The predicted octanol–water partition coefficient (Wildman–Crippen LogP) is 2.25. The molecular formula is C14H17N3O3. The Morgan fingerprint density at radius 1 is 1.35 bits per heavy atom. The number of amides is 1. The summed E-state index contributed by atoms with van der Waals surface area (Å²) in [7, 11) is 0. The molecule has 0 radical (unpaired) electrons. The summed E-state index contributed by atoms with van der Waals surface area (Å²) in [6, 6.07) is 7.59. The number of carboxylic acids is 1. The number of aromatic nitrogens is 2. The molecule has 1 amide bonds. The highest BCUT2D eigenvalue weighted by molar-refractivity contribution is 6.01. The topological polar surface area (TPSA) is 84.2 Å². The van der Waals surface area contributed by atoms with Gasteiger partial charge in [-0.1, -0.05) is 25.5 Å². The fourth-order valence-electron chi connectivity index (χ4n) is 2.02. The number of fused-ring (bicyclic) bond motifs is 1. The predicted molar refractivity (Wildman–Crippen MR) is 75.5 cm³/mol. The van der Waals surface area contributed by atoms with Gasteiger partial charge in [-0.2, -0.15) is 0 Å². The van der Waals surface area contributed by atoms with E-state index in [4.69, 9.17) is 5.11 Å². The second kappa shape index (κ2) is 6.18. The van der Waals surface area contributed by atoms with Gasteiger partial charge in [-0.05, 0) is 18.6 Å². The van der Waals surface area contributed by atoms with Gasteiger partial charge in [0.25, 0.3) is 0 Å². The number of nitrogens with one attached hydrogen (secondary N) is 1. The first-order chi connectivity index (χ1) is 9.61. The van der Waals surface area contributed by atoms with Gasteiger partial charge in [0, 0.05) is 6.54 Å². The van der Waals surface area contributed by atoms with Crippen LogP contribution in [0.5, 0.6) is 0 Å². The maximum absolute atomic E-state index is 11.6. The van der Waals surface area contributed by atoms with Gasteiger partial charge in [0.15, 0.2) is 0 Å². The molecule has 6 heteroatoms. The van der Waals surface area contributed by atoms with E-state index in [0.717, 1.165) is 30.4 Å². The average Bonchev–Trinajstić information content (AvgIpc) is 2.72. The lowest BCUT2D eigenvalue weighted by Gasteiger charge is -2.08. The minimum absolute atomic E-state index is 0.408. The zero-order valence-electron chi connectivity index (χ0n) is 11.3. The van der Waals surface area contributed by atoms with Crippen LogP contribution in [0.25, 0.3) is 11.0 Å². The monoisotopic (exact) mass is 275 g/mol. The van der Waals surface area contributed by atoms with Crippen molar-refractivity contribution in [3.8, 4) is 0 Å². The maximum atomic E-state index is 11.6. The van der Waals surface area contributed by atoms with Crippen molar-refractivity contribution in [3.05, 3.63) is 24.3 Å². The molecule has 0 spiro atoms. The van der Waals surface area contributed by atoms with Gasteiger partial charge in [-0.15, -0.1) is 0 Å². The second-order valence-electron chi connectivity index (χ2n) is 4.55. The van der Waals surface area contributed by atoms with E-state index in [2.05, 4.69) is 17.2 Å². The summed E-state index contributed by atoms with van der Waals surface area (Å²) in [4.78, 5) is 26.5. The number of benzene rings is 1. The number of unbranched alkanes of at least 4 members (excludes halogenated alkanes) is 1. The van der Waals surface area contributed by atoms with Gasteiger partial charge in [0.05, 0.1) is 11.0 Å². The van der Waals surface area contributed by atoms with Crippen LogP contribution in [0.2, 0.25) is 0 Å². The number of hydrogen-bond donors (Lipinski definition) is 2. The van der Waals surface area contributed by atoms with Gasteiger partial charge in [0.1, 0.15) is 6.42 Å². The molecule has 0 unspecified atom stereocenters. The summed E-state index contributed by atoms with van der Waals surface area (Å²) >= 11 is 0. The molecule has 0 fully saturated rings. The lowest BCUT2D eigenvalue weighted by molar-refractivity contribution is -0.139. The highest BCUT2D eigenvalue weighted by atomic mass is 16.4. The molecular weight excluding hydrogens is 258 g/mol. The van der Waals surface area contributed by atoms with Gasteiger partial charge in [0.2, 0.25) is 11.9 Å². The molecule has 1 aromatic heterocycles. The first-order valence-electron chi connectivity index (χ1n) is 6.58. The Morgan fingerprint density at radius 3 is 2.80 bits per heavy atom. The highest BCUT2D eigenvalue weighted by Crippen LogP contribution is 2.20. The number of carbonyl (C=O) groups excluding carboxylic acids is 1. The van der Waals surface area contributed by atoms with Crippen LogP contribution < -0.4 is 5.32 Å². The number of carbonyl (C=O) groups is 2. The number of para-hydroxylation sites is 2. The molecule has 106 valence electrons. The number of carboxylic acid groups (broad SMARTS) is 1. The standard InChI is InChI=1S/C14H17N3O3/c1-2-3-8-17-11-7-5-4-6-10(11)15-14(17)16-12(18)9-13(19)20/h4-7H,2-3,8-9H2,1H3,(H,19,20)(H,15,16,18). The smallest absolute Gasteiger partial charge is 0.312 e. The maximum Gasteiger partial charge on any atom is 0.312 e. The lowest BCUT2D eigenvalue weighted by Crippen LogP contribution is -2.19.